The Hall–Kier alpha value is -4.08. The number of anilines is 1. The lowest BCUT2D eigenvalue weighted by atomic mass is 10.0. The lowest BCUT2D eigenvalue weighted by Crippen LogP contribution is -2.47. The summed E-state index contributed by atoms with van der Waals surface area (Å²) in [5.74, 6) is 0.712. The second-order valence-electron chi connectivity index (χ2n) is 9.98. The predicted molar refractivity (Wildman–Crippen MR) is 158 cm³/mol. The third-order valence-electron chi connectivity index (χ3n) is 6.92. The maximum absolute atomic E-state index is 13.5. The highest BCUT2D eigenvalue weighted by Crippen LogP contribution is 2.27. The zero-order valence-electron chi connectivity index (χ0n) is 23.4. The van der Waals surface area contributed by atoms with Gasteiger partial charge in [-0.15, -0.1) is 11.3 Å². The molecule has 3 aromatic heterocycles. The van der Waals surface area contributed by atoms with Gasteiger partial charge in [0, 0.05) is 42.8 Å². The van der Waals surface area contributed by atoms with Gasteiger partial charge in [-0.25, -0.2) is 19.3 Å². The number of amides is 2. The number of carbonyl (C=O) groups is 2. The van der Waals surface area contributed by atoms with Gasteiger partial charge in [0.2, 0.25) is 0 Å². The normalized spacial score (nSPS) is 14.7. The number of rotatable bonds is 8. The van der Waals surface area contributed by atoms with Crippen LogP contribution in [0.2, 0.25) is 0 Å². The summed E-state index contributed by atoms with van der Waals surface area (Å²) in [6.07, 6.45) is 4.24. The fourth-order valence-corrected chi connectivity index (χ4v) is 6.02. The number of thiazole rings is 1. The number of nitrogens with one attached hydrogen (secondary N) is 2. The van der Waals surface area contributed by atoms with Crippen LogP contribution in [0.25, 0.3) is 16.2 Å². The van der Waals surface area contributed by atoms with Gasteiger partial charge in [-0.2, -0.15) is 13.5 Å². The molecule has 1 aliphatic heterocycles. The van der Waals surface area contributed by atoms with Crippen LogP contribution >= 0.6 is 11.3 Å². The second kappa shape index (κ2) is 12.8. The lowest BCUT2D eigenvalue weighted by Gasteiger charge is -2.32. The Morgan fingerprint density at radius 2 is 1.88 bits per heavy atom. The SMILES string of the molecule is CC[C@H](C)Nc1cc(C(=O)N2CCC(NC(=O)OS(=O)(=O)c3ccc(C)cc3)CC2)nc(-c2cnn3ccsc23)n1.O. The van der Waals surface area contributed by atoms with Gasteiger partial charge in [0.25, 0.3) is 5.91 Å². The van der Waals surface area contributed by atoms with Gasteiger partial charge in [0.1, 0.15) is 21.2 Å². The van der Waals surface area contributed by atoms with Crippen LogP contribution in [0.3, 0.4) is 0 Å². The monoisotopic (exact) mass is 615 g/mol. The van der Waals surface area contributed by atoms with Crippen molar-refractivity contribution in [1.29, 1.82) is 0 Å². The minimum Gasteiger partial charge on any atom is -0.412 e. The van der Waals surface area contributed by atoms with Crippen molar-refractivity contribution >= 4 is 44.1 Å². The highest BCUT2D eigenvalue weighted by molar-refractivity contribution is 7.87. The molecule has 0 aliphatic carbocycles. The van der Waals surface area contributed by atoms with Gasteiger partial charge in [0.15, 0.2) is 5.82 Å². The summed E-state index contributed by atoms with van der Waals surface area (Å²) in [4.78, 5) is 37.6. The molecule has 224 valence electrons. The molecular weight excluding hydrogens is 582 g/mol. The minimum atomic E-state index is -4.24. The minimum absolute atomic E-state index is 0. The fourth-order valence-electron chi connectivity index (χ4n) is 4.42. The van der Waals surface area contributed by atoms with Crippen molar-refractivity contribution < 1.29 is 27.7 Å². The molecule has 2 amide bonds. The first kappa shape index (κ1) is 30.9. The number of carbonyl (C=O) groups excluding carboxylic acids is 2. The molecule has 1 saturated heterocycles. The zero-order chi connectivity index (χ0) is 29.1. The highest BCUT2D eigenvalue weighted by Gasteiger charge is 2.28. The second-order valence-corrected chi connectivity index (χ2v) is 12.4. The Kier molecular flexibility index (Phi) is 9.43. The van der Waals surface area contributed by atoms with Crippen LogP contribution in [-0.4, -0.2) is 75.5 Å². The fraction of sp³-hybridized carbons (Fsp3) is 0.370. The summed E-state index contributed by atoms with van der Waals surface area (Å²) >= 11 is 1.51. The molecule has 4 N–H and O–H groups in total. The summed E-state index contributed by atoms with van der Waals surface area (Å²) in [5, 5.41) is 12.2. The third kappa shape index (κ3) is 6.86. The molecule has 1 atom stereocenters. The molecular formula is C27H33N7O6S2. The predicted octanol–water partition coefficient (Wildman–Crippen LogP) is 3.27. The lowest BCUT2D eigenvalue weighted by molar-refractivity contribution is 0.0700. The molecule has 4 aromatic rings. The number of hydrogen-bond acceptors (Lipinski definition) is 10. The van der Waals surface area contributed by atoms with E-state index in [-0.39, 0.29) is 34.1 Å². The Balaban J connectivity index is 0.00000405. The van der Waals surface area contributed by atoms with E-state index in [1.165, 1.54) is 23.5 Å². The maximum atomic E-state index is 13.5. The Bertz CT molecular complexity index is 1660. The Morgan fingerprint density at radius 3 is 2.57 bits per heavy atom. The van der Waals surface area contributed by atoms with Crippen LogP contribution in [0.15, 0.2) is 53.0 Å². The number of benzene rings is 1. The van der Waals surface area contributed by atoms with Gasteiger partial charge < -0.3 is 25.2 Å². The van der Waals surface area contributed by atoms with Crippen molar-refractivity contribution in [3.05, 3.63) is 59.4 Å². The summed E-state index contributed by atoms with van der Waals surface area (Å²) in [6, 6.07) is 7.49. The average Bonchev–Trinajstić information content (AvgIpc) is 3.57. The van der Waals surface area contributed by atoms with E-state index in [4.69, 9.17) is 4.18 Å². The van der Waals surface area contributed by atoms with Crippen molar-refractivity contribution in [2.75, 3.05) is 18.4 Å². The number of nitrogens with zero attached hydrogens (tertiary/aromatic N) is 5. The average molecular weight is 616 g/mol. The van der Waals surface area contributed by atoms with Gasteiger partial charge in [0.05, 0.1) is 11.8 Å². The van der Waals surface area contributed by atoms with Crippen LogP contribution in [0.1, 0.15) is 49.2 Å². The first-order valence-electron chi connectivity index (χ1n) is 13.3. The number of aromatic nitrogens is 4. The first-order valence-corrected chi connectivity index (χ1v) is 15.6. The molecule has 1 fully saturated rings. The maximum Gasteiger partial charge on any atom is 0.423 e. The van der Waals surface area contributed by atoms with E-state index < -0.39 is 16.2 Å². The Morgan fingerprint density at radius 1 is 1.17 bits per heavy atom. The molecule has 0 radical (unpaired) electrons. The molecule has 1 aromatic carbocycles. The van der Waals surface area contributed by atoms with E-state index in [0.29, 0.717) is 37.6 Å². The molecule has 0 bridgehead atoms. The highest BCUT2D eigenvalue weighted by atomic mass is 32.2. The number of fused-ring (bicyclic) bond motifs is 1. The zero-order valence-corrected chi connectivity index (χ0v) is 25.0. The Labute approximate surface area is 247 Å². The quantitative estimate of drug-likeness (QED) is 0.281. The van der Waals surface area contributed by atoms with Crippen molar-refractivity contribution in [1.82, 2.24) is 29.8 Å². The van der Waals surface area contributed by atoms with Gasteiger partial charge in [-0.05, 0) is 45.2 Å². The van der Waals surface area contributed by atoms with Crippen molar-refractivity contribution in [2.24, 2.45) is 0 Å². The summed E-state index contributed by atoms with van der Waals surface area (Å²) in [5.41, 5.74) is 1.88. The smallest absolute Gasteiger partial charge is 0.412 e. The van der Waals surface area contributed by atoms with Gasteiger partial charge in [-0.3, -0.25) is 4.79 Å². The molecule has 4 heterocycles. The number of piperidine rings is 1. The van der Waals surface area contributed by atoms with E-state index >= 15 is 0 Å². The van der Waals surface area contributed by atoms with E-state index in [1.54, 1.807) is 33.8 Å². The molecule has 0 spiro atoms. The largest absolute Gasteiger partial charge is 0.423 e. The van der Waals surface area contributed by atoms with Crippen molar-refractivity contribution in [3.8, 4) is 11.4 Å². The molecule has 13 nitrogen and oxygen atoms in total. The van der Waals surface area contributed by atoms with Crippen molar-refractivity contribution in [3.63, 3.8) is 0 Å². The number of hydrogen-bond donors (Lipinski definition) is 2. The summed E-state index contributed by atoms with van der Waals surface area (Å²) in [7, 11) is -4.24. The van der Waals surface area contributed by atoms with Crippen LogP contribution in [0.4, 0.5) is 10.6 Å². The number of likely N-dealkylation sites (tertiary alicyclic amines) is 1. The van der Waals surface area contributed by atoms with E-state index in [0.717, 1.165) is 22.4 Å². The third-order valence-corrected chi connectivity index (χ3v) is 9.03. The van der Waals surface area contributed by atoms with Crippen LogP contribution in [0, 0.1) is 6.92 Å². The first-order chi connectivity index (χ1) is 19.6. The molecule has 0 saturated carbocycles. The topological polar surface area (TPSA) is 179 Å². The molecule has 0 unspecified atom stereocenters. The molecule has 15 heteroatoms. The van der Waals surface area contributed by atoms with Crippen molar-refractivity contribution in [2.45, 2.75) is 57.0 Å². The van der Waals surface area contributed by atoms with E-state index in [2.05, 4.69) is 32.6 Å². The molecule has 5 rings (SSSR count). The molecule has 42 heavy (non-hydrogen) atoms. The van der Waals surface area contributed by atoms with Crippen LogP contribution in [-0.2, 0) is 14.3 Å². The van der Waals surface area contributed by atoms with E-state index in [9.17, 15) is 18.0 Å². The van der Waals surface area contributed by atoms with Crippen LogP contribution in [0.5, 0.6) is 0 Å². The molecule has 1 aliphatic rings. The van der Waals surface area contributed by atoms with Crippen LogP contribution < -0.4 is 10.6 Å². The standard InChI is InChI=1S/C27H31N7O5S2.H2O/c1-4-18(3)29-23-15-22(31-24(32-23)21-16-28-34-13-14-40-26(21)34)25(35)33-11-9-19(10-12-33)30-27(36)39-41(37,38)20-7-5-17(2)6-8-20;/h5-8,13-16,18-19H,4,9-12H2,1-3H3,(H,30,36)(H,29,31,32);1H2/t18-;/m0./s1. The van der Waals surface area contributed by atoms with Gasteiger partial charge in [-0.1, -0.05) is 24.6 Å². The number of aryl methyl sites for hydroxylation is 1. The summed E-state index contributed by atoms with van der Waals surface area (Å²) < 4.78 is 31.3. The van der Waals surface area contributed by atoms with E-state index in [1.807, 2.05) is 25.4 Å². The summed E-state index contributed by atoms with van der Waals surface area (Å²) in [6.45, 7) is 6.63. The van der Waals surface area contributed by atoms with Gasteiger partial charge >= 0.3 is 16.2 Å².